The van der Waals surface area contributed by atoms with Gasteiger partial charge in [-0.05, 0) is 61.1 Å². The van der Waals surface area contributed by atoms with Crippen molar-refractivity contribution in [2.24, 2.45) is 23.5 Å². The molecule has 0 aromatic heterocycles. The number of halogens is 3. The second-order valence-corrected chi connectivity index (χ2v) is 6.74. The predicted octanol–water partition coefficient (Wildman–Crippen LogP) is 4.65. The molecule has 1 nitrogen and oxygen atoms in total. The molecule has 118 valence electrons. The van der Waals surface area contributed by atoms with Crippen LogP contribution in [0.15, 0.2) is 24.3 Å². The van der Waals surface area contributed by atoms with Gasteiger partial charge in [0.25, 0.3) is 0 Å². The van der Waals surface area contributed by atoms with Gasteiger partial charge in [-0.15, -0.1) is 0 Å². The Hall–Kier alpha value is -1.03. The smallest absolute Gasteiger partial charge is 0.327 e. The predicted molar refractivity (Wildman–Crippen MR) is 78.8 cm³/mol. The molecule has 4 heteroatoms. The van der Waals surface area contributed by atoms with Gasteiger partial charge in [0.15, 0.2) is 0 Å². The minimum absolute atomic E-state index is 0.0342. The normalized spacial score (nSPS) is 28.4. The highest BCUT2D eigenvalue weighted by Crippen LogP contribution is 2.35. The Morgan fingerprint density at radius 3 is 2.05 bits per heavy atom. The number of hydrogen-bond acceptors (Lipinski definition) is 1. The van der Waals surface area contributed by atoms with E-state index in [1.807, 2.05) is 0 Å². The van der Waals surface area contributed by atoms with Gasteiger partial charge < -0.3 is 5.73 Å². The maximum Gasteiger partial charge on any atom is 0.416 e. The lowest BCUT2D eigenvalue weighted by Crippen LogP contribution is -2.37. The number of alkyl halides is 3. The van der Waals surface area contributed by atoms with Crippen molar-refractivity contribution in [3.8, 4) is 0 Å². The van der Waals surface area contributed by atoms with Gasteiger partial charge in [0, 0.05) is 6.04 Å². The van der Waals surface area contributed by atoms with Crippen LogP contribution in [-0.2, 0) is 12.6 Å². The van der Waals surface area contributed by atoms with Crippen LogP contribution >= 0.6 is 0 Å². The highest BCUT2D eigenvalue weighted by Gasteiger charge is 2.31. The maximum absolute atomic E-state index is 12.5. The van der Waals surface area contributed by atoms with Gasteiger partial charge in [0.1, 0.15) is 0 Å². The molecule has 3 unspecified atom stereocenters. The zero-order chi connectivity index (χ0) is 15.6. The van der Waals surface area contributed by atoms with Crippen molar-refractivity contribution in [2.45, 2.75) is 51.7 Å². The fraction of sp³-hybridized carbons (Fsp3) is 0.647. The van der Waals surface area contributed by atoms with Gasteiger partial charge >= 0.3 is 6.18 Å². The maximum atomic E-state index is 12.5. The van der Waals surface area contributed by atoms with E-state index < -0.39 is 11.7 Å². The van der Waals surface area contributed by atoms with E-state index in [0.717, 1.165) is 30.5 Å². The van der Waals surface area contributed by atoms with Crippen molar-refractivity contribution in [2.75, 3.05) is 0 Å². The molecule has 0 spiro atoms. The van der Waals surface area contributed by atoms with E-state index in [1.54, 1.807) is 12.1 Å². The summed E-state index contributed by atoms with van der Waals surface area (Å²) in [6.07, 6.45) is -0.0983. The number of hydrogen-bond donors (Lipinski definition) is 1. The molecule has 3 atom stereocenters. The Bertz CT molecular complexity index is 442. The highest BCUT2D eigenvalue weighted by atomic mass is 19.4. The quantitative estimate of drug-likeness (QED) is 0.864. The van der Waals surface area contributed by atoms with E-state index in [2.05, 4.69) is 13.8 Å². The third-order valence-electron chi connectivity index (χ3n) is 4.57. The lowest BCUT2D eigenvalue weighted by Gasteiger charge is -2.35. The standard InChI is InChI=1S/C17H24F3N/c1-11-7-12(2)9-14(8-11)16(21)10-13-3-5-15(6-4-13)17(18,19)20/h3-6,11-12,14,16H,7-10,21H2,1-2H3. The highest BCUT2D eigenvalue weighted by molar-refractivity contribution is 5.25. The van der Waals surface area contributed by atoms with Crippen molar-refractivity contribution in [3.63, 3.8) is 0 Å². The molecular formula is C17H24F3N. The largest absolute Gasteiger partial charge is 0.416 e. The van der Waals surface area contributed by atoms with Crippen molar-refractivity contribution >= 4 is 0 Å². The van der Waals surface area contributed by atoms with E-state index in [1.165, 1.54) is 6.42 Å². The van der Waals surface area contributed by atoms with Gasteiger partial charge in [-0.3, -0.25) is 0 Å². The fourth-order valence-electron chi connectivity index (χ4n) is 3.63. The minimum Gasteiger partial charge on any atom is -0.327 e. The second kappa shape index (κ2) is 6.39. The molecule has 2 rings (SSSR count). The molecule has 1 saturated carbocycles. The van der Waals surface area contributed by atoms with Crippen LogP contribution in [0.1, 0.15) is 44.2 Å². The third-order valence-corrected chi connectivity index (χ3v) is 4.57. The van der Waals surface area contributed by atoms with Crippen LogP contribution in [0.5, 0.6) is 0 Å². The summed E-state index contributed by atoms with van der Waals surface area (Å²) in [6, 6.07) is 5.44. The number of nitrogens with two attached hydrogens (primary N) is 1. The second-order valence-electron chi connectivity index (χ2n) is 6.74. The summed E-state index contributed by atoms with van der Waals surface area (Å²) in [6.45, 7) is 4.51. The molecule has 0 aliphatic heterocycles. The molecule has 0 radical (unpaired) electrons. The molecule has 1 fully saturated rings. The first-order chi connectivity index (χ1) is 9.75. The molecule has 0 bridgehead atoms. The number of benzene rings is 1. The molecule has 21 heavy (non-hydrogen) atoms. The first-order valence-corrected chi connectivity index (χ1v) is 7.67. The van der Waals surface area contributed by atoms with Crippen molar-refractivity contribution in [1.29, 1.82) is 0 Å². The average molecular weight is 299 g/mol. The Morgan fingerprint density at radius 1 is 1.05 bits per heavy atom. The molecule has 0 heterocycles. The van der Waals surface area contributed by atoms with Crippen LogP contribution in [0.25, 0.3) is 0 Å². The molecule has 1 aromatic carbocycles. The molecular weight excluding hydrogens is 275 g/mol. The molecule has 1 aliphatic rings. The van der Waals surface area contributed by atoms with E-state index in [9.17, 15) is 13.2 Å². The summed E-state index contributed by atoms with van der Waals surface area (Å²) in [4.78, 5) is 0. The Labute approximate surface area is 124 Å². The fourth-order valence-corrected chi connectivity index (χ4v) is 3.63. The SMILES string of the molecule is CC1CC(C)CC(C(N)Cc2ccc(C(F)(F)F)cc2)C1. The van der Waals surface area contributed by atoms with Crippen LogP contribution in [0.3, 0.4) is 0 Å². The molecule has 2 N–H and O–H groups in total. The van der Waals surface area contributed by atoms with Gasteiger partial charge in [-0.1, -0.05) is 26.0 Å². The van der Waals surface area contributed by atoms with E-state index in [4.69, 9.17) is 5.73 Å². The van der Waals surface area contributed by atoms with Crippen LogP contribution in [-0.4, -0.2) is 6.04 Å². The Morgan fingerprint density at radius 2 is 1.57 bits per heavy atom. The lowest BCUT2D eigenvalue weighted by molar-refractivity contribution is -0.137. The minimum atomic E-state index is -4.27. The molecule has 0 saturated heterocycles. The Balaban J connectivity index is 1.97. The summed E-state index contributed by atoms with van der Waals surface area (Å²) in [7, 11) is 0. The summed E-state index contributed by atoms with van der Waals surface area (Å²) < 4.78 is 37.6. The summed E-state index contributed by atoms with van der Waals surface area (Å²) in [5.41, 5.74) is 6.60. The van der Waals surface area contributed by atoms with E-state index >= 15 is 0 Å². The van der Waals surface area contributed by atoms with Crippen LogP contribution in [0.4, 0.5) is 13.2 Å². The summed E-state index contributed by atoms with van der Waals surface area (Å²) >= 11 is 0. The van der Waals surface area contributed by atoms with E-state index in [0.29, 0.717) is 24.2 Å². The van der Waals surface area contributed by atoms with Gasteiger partial charge in [-0.2, -0.15) is 13.2 Å². The number of rotatable bonds is 3. The van der Waals surface area contributed by atoms with Crippen LogP contribution in [0, 0.1) is 17.8 Å². The molecule has 0 amide bonds. The van der Waals surface area contributed by atoms with Crippen molar-refractivity contribution in [3.05, 3.63) is 35.4 Å². The lowest BCUT2D eigenvalue weighted by atomic mass is 9.73. The Kier molecular flexibility index (Phi) is 4.97. The summed E-state index contributed by atoms with van der Waals surface area (Å²) in [5, 5.41) is 0. The first-order valence-electron chi connectivity index (χ1n) is 7.67. The van der Waals surface area contributed by atoms with Crippen LogP contribution in [0.2, 0.25) is 0 Å². The van der Waals surface area contributed by atoms with Crippen LogP contribution < -0.4 is 5.73 Å². The van der Waals surface area contributed by atoms with Crippen molar-refractivity contribution in [1.82, 2.24) is 0 Å². The third kappa shape index (κ3) is 4.47. The summed E-state index contributed by atoms with van der Waals surface area (Å²) in [5.74, 6) is 1.86. The zero-order valence-corrected chi connectivity index (χ0v) is 12.7. The van der Waals surface area contributed by atoms with Gasteiger partial charge in [0.05, 0.1) is 5.56 Å². The zero-order valence-electron chi connectivity index (χ0n) is 12.7. The van der Waals surface area contributed by atoms with E-state index in [-0.39, 0.29) is 6.04 Å². The van der Waals surface area contributed by atoms with Gasteiger partial charge in [0.2, 0.25) is 0 Å². The molecule has 1 aromatic rings. The topological polar surface area (TPSA) is 26.0 Å². The van der Waals surface area contributed by atoms with Gasteiger partial charge in [-0.25, -0.2) is 0 Å². The average Bonchev–Trinajstić information content (AvgIpc) is 2.37. The van der Waals surface area contributed by atoms with Crippen molar-refractivity contribution < 1.29 is 13.2 Å². The first kappa shape index (κ1) is 16.3. The molecule has 1 aliphatic carbocycles. The monoisotopic (exact) mass is 299 g/mol.